The quantitative estimate of drug-likeness (QED) is 0.235. The molecule has 0 fully saturated rings. The molecule has 0 spiro atoms. The first-order valence-corrected chi connectivity index (χ1v) is 7.85. The third-order valence-electron chi connectivity index (χ3n) is 2.46. The van der Waals surface area contributed by atoms with Crippen LogP contribution in [0.4, 0.5) is 22.0 Å². The summed E-state index contributed by atoms with van der Waals surface area (Å²) in [5.41, 5.74) is 0. The van der Waals surface area contributed by atoms with Gasteiger partial charge in [0.25, 0.3) is 0 Å². The molecule has 0 aliphatic heterocycles. The van der Waals surface area contributed by atoms with Gasteiger partial charge in [-0.2, -0.15) is 17.2 Å². The van der Waals surface area contributed by atoms with Crippen LogP contribution in [-0.2, 0) is 10.1 Å². The van der Waals surface area contributed by atoms with E-state index in [0.717, 1.165) is 12.1 Å². The summed E-state index contributed by atoms with van der Waals surface area (Å²) in [7, 11) is -4.76. The van der Waals surface area contributed by atoms with E-state index in [4.69, 9.17) is 0 Å². The molecule has 22 heavy (non-hydrogen) atoms. The number of hydrogen-bond acceptors (Lipinski definition) is 3. The van der Waals surface area contributed by atoms with Crippen molar-refractivity contribution in [2.75, 3.05) is 0 Å². The fourth-order valence-electron chi connectivity index (χ4n) is 1.42. The Hall–Kier alpha value is -1.43. The van der Waals surface area contributed by atoms with Gasteiger partial charge >= 0.3 is 10.1 Å². The first-order valence-electron chi connectivity index (χ1n) is 5.36. The highest BCUT2D eigenvalue weighted by molar-refractivity contribution is 14.1. The van der Waals surface area contributed by atoms with Crippen molar-refractivity contribution in [3.63, 3.8) is 0 Å². The van der Waals surface area contributed by atoms with Crippen molar-refractivity contribution in [3.8, 4) is 5.75 Å². The van der Waals surface area contributed by atoms with Crippen molar-refractivity contribution in [3.05, 3.63) is 56.9 Å². The van der Waals surface area contributed by atoms with Crippen molar-refractivity contribution >= 4 is 32.7 Å². The maximum atomic E-state index is 13.4. The van der Waals surface area contributed by atoms with Gasteiger partial charge in [0, 0.05) is 3.57 Å². The predicted molar refractivity (Wildman–Crippen MR) is 73.2 cm³/mol. The first-order chi connectivity index (χ1) is 10.1. The molecule has 2 aromatic rings. The van der Waals surface area contributed by atoms with Crippen molar-refractivity contribution in [1.29, 1.82) is 0 Å². The summed E-state index contributed by atoms with van der Waals surface area (Å²) in [5, 5.41) is 0. The van der Waals surface area contributed by atoms with Crippen LogP contribution in [0.25, 0.3) is 0 Å². The molecule has 0 heterocycles. The van der Waals surface area contributed by atoms with E-state index in [1.807, 2.05) is 22.6 Å². The highest BCUT2D eigenvalue weighted by Gasteiger charge is 2.30. The molecule has 2 rings (SSSR count). The van der Waals surface area contributed by atoms with Crippen LogP contribution in [0.3, 0.4) is 0 Å². The maximum Gasteiger partial charge on any atom is 0.339 e. The molecule has 0 atom stereocenters. The van der Waals surface area contributed by atoms with Gasteiger partial charge < -0.3 is 4.18 Å². The summed E-state index contributed by atoms with van der Waals surface area (Å²) in [5.74, 6) is -13.6. The molecule has 0 radical (unpaired) electrons. The molecule has 2 aromatic carbocycles. The van der Waals surface area contributed by atoms with Crippen LogP contribution in [0, 0.1) is 32.7 Å². The largest absolute Gasteiger partial charge is 0.372 e. The molecule has 118 valence electrons. The van der Waals surface area contributed by atoms with Crippen molar-refractivity contribution in [1.82, 2.24) is 0 Å². The first kappa shape index (κ1) is 16.9. The van der Waals surface area contributed by atoms with Gasteiger partial charge in [0.1, 0.15) is 4.90 Å². The molecule has 0 aliphatic carbocycles. The Bertz CT molecular complexity index is 808. The Morgan fingerprint density at radius 3 is 1.64 bits per heavy atom. The van der Waals surface area contributed by atoms with Crippen LogP contribution < -0.4 is 4.18 Å². The highest BCUT2D eigenvalue weighted by Crippen LogP contribution is 2.31. The SMILES string of the molecule is O=S(=O)(Oc1c(F)c(F)c(F)c(F)c1F)c1ccc(I)cc1. The third kappa shape index (κ3) is 3.02. The van der Waals surface area contributed by atoms with Crippen molar-refractivity contribution in [2.45, 2.75) is 4.90 Å². The molecule has 0 aliphatic rings. The summed E-state index contributed by atoms with van der Waals surface area (Å²) in [6, 6.07) is 4.83. The van der Waals surface area contributed by atoms with E-state index in [9.17, 15) is 30.4 Å². The summed E-state index contributed by atoms with van der Waals surface area (Å²) in [4.78, 5) is -0.503. The normalized spacial score (nSPS) is 11.5. The Kier molecular flexibility index (Phi) is 4.61. The summed E-state index contributed by atoms with van der Waals surface area (Å²) >= 11 is 1.87. The van der Waals surface area contributed by atoms with Gasteiger partial charge in [-0.25, -0.2) is 13.2 Å². The smallest absolute Gasteiger partial charge is 0.339 e. The zero-order chi connectivity index (χ0) is 16.7. The monoisotopic (exact) mass is 450 g/mol. The fourth-order valence-corrected chi connectivity index (χ4v) is 2.71. The second-order valence-electron chi connectivity index (χ2n) is 3.89. The Balaban J connectivity index is 2.53. The van der Waals surface area contributed by atoms with Crippen LogP contribution >= 0.6 is 22.6 Å². The van der Waals surface area contributed by atoms with Crippen LogP contribution in [-0.4, -0.2) is 8.42 Å². The molecule has 0 amide bonds. The fraction of sp³-hybridized carbons (Fsp3) is 0. The van der Waals surface area contributed by atoms with E-state index in [2.05, 4.69) is 4.18 Å². The van der Waals surface area contributed by atoms with Gasteiger partial charge in [-0.05, 0) is 46.9 Å². The second-order valence-corrected chi connectivity index (χ2v) is 6.68. The highest BCUT2D eigenvalue weighted by atomic mass is 127. The van der Waals surface area contributed by atoms with E-state index in [1.165, 1.54) is 12.1 Å². The molecular weight excluding hydrogens is 446 g/mol. The van der Waals surface area contributed by atoms with Crippen LogP contribution in [0.15, 0.2) is 29.2 Å². The predicted octanol–water partition coefficient (Wildman–Crippen LogP) is 3.75. The van der Waals surface area contributed by atoms with Gasteiger partial charge in [-0.15, -0.1) is 0 Å². The minimum Gasteiger partial charge on any atom is -0.372 e. The van der Waals surface area contributed by atoms with Crippen LogP contribution in [0.5, 0.6) is 5.75 Å². The molecule has 0 N–H and O–H groups in total. The van der Waals surface area contributed by atoms with Crippen LogP contribution in [0.1, 0.15) is 0 Å². The molecule has 0 bridgehead atoms. The Morgan fingerprint density at radius 1 is 0.773 bits per heavy atom. The van der Waals surface area contributed by atoms with E-state index in [1.54, 1.807) is 0 Å². The summed E-state index contributed by atoms with van der Waals surface area (Å²) < 4.78 is 94.1. The average Bonchev–Trinajstić information content (AvgIpc) is 2.48. The third-order valence-corrected chi connectivity index (χ3v) is 4.42. The number of rotatable bonds is 3. The number of hydrogen-bond donors (Lipinski definition) is 0. The minimum atomic E-state index is -4.76. The number of benzene rings is 2. The topological polar surface area (TPSA) is 43.4 Å². The molecule has 10 heteroatoms. The lowest BCUT2D eigenvalue weighted by atomic mass is 10.3. The average molecular weight is 450 g/mol. The number of halogens is 6. The lowest BCUT2D eigenvalue weighted by molar-refractivity contribution is 0.346. The summed E-state index contributed by atoms with van der Waals surface area (Å²) in [6.07, 6.45) is 0. The molecular formula is C12H4F5IO3S. The Labute approximate surface area is 135 Å². The minimum absolute atomic E-state index is 0.503. The van der Waals surface area contributed by atoms with Gasteiger partial charge in [0.05, 0.1) is 0 Å². The van der Waals surface area contributed by atoms with Crippen molar-refractivity contribution in [2.24, 2.45) is 0 Å². The second kappa shape index (κ2) is 5.99. The zero-order valence-electron chi connectivity index (χ0n) is 10.2. The molecule has 3 nitrogen and oxygen atoms in total. The molecule has 0 saturated heterocycles. The molecule has 0 aromatic heterocycles. The van der Waals surface area contributed by atoms with E-state index >= 15 is 0 Å². The molecule has 0 saturated carbocycles. The van der Waals surface area contributed by atoms with E-state index in [-0.39, 0.29) is 0 Å². The van der Waals surface area contributed by atoms with Crippen LogP contribution in [0.2, 0.25) is 0 Å². The van der Waals surface area contributed by atoms with Gasteiger partial charge in [0.2, 0.25) is 34.8 Å². The van der Waals surface area contributed by atoms with Gasteiger partial charge in [-0.1, -0.05) is 0 Å². The zero-order valence-corrected chi connectivity index (χ0v) is 13.2. The standard InChI is InChI=1S/C12H4F5IO3S/c13-7-8(14)10(16)12(11(17)9(7)15)21-22(19,20)6-3-1-5(18)2-4-6/h1-4H. The lowest BCUT2D eigenvalue weighted by Gasteiger charge is -2.10. The molecule has 0 unspecified atom stereocenters. The van der Waals surface area contributed by atoms with Crippen molar-refractivity contribution < 1.29 is 34.6 Å². The van der Waals surface area contributed by atoms with Gasteiger partial charge in [-0.3, -0.25) is 0 Å². The van der Waals surface area contributed by atoms with E-state index < -0.39 is 49.8 Å². The summed E-state index contributed by atoms with van der Waals surface area (Å²) in [6.45, 7) is 0. The lowest BCUT2D eigenvalue weighted by Crippen LogP contribution is -2.14. The van der Waals surface area contributed by atoms with Gasteiger partial charge in [0.15, 0.2) is 0 Å². The maximum absolute atomic E-state index is 13.4. The Morgan fingerprint density at radius 2 is 1.18 bits per heavy atom. The van der Waals surface area contributed by atoms with E-state index in [0.29, 0.717) is 3.57 Å².